The van der Waals surface area contributed by atoms with E-state index in [2.05, 4.69) is 50.3 Å². The lowest BCUT2D eigenvalue weighted by Crippen LogP contribution is -2.61. The summed E-state index contributed by atoms with van der Waals surface area (Å²) < 4.78 is 34.2. The van der Waals surface area contributed by atoms with Gasteiger partial charge in [-0.3, -0.25) is 4.79 Å². The number of rotatable bonds is 38. The molecule has 0 spiro atoms. The van der Waals surface area contributed by atoms with Crippen LogP contribution in [-0.2, 0) is 33.2 Å². The SMILES string of the molecule is CCC/C=C\C/C=C\CCCCCCCC(=O)OC(COCCCCCCCC/C=C\CCCCCCCC)COC1OC(COC2OC(CO)C(O)C(O)C2O)C(O)C(O)C1O. The second-order valence-corrected chi connectivity index (χ2v) is 17.3. The molecule has 2 rings (SSSR count). The third-order valence-corrected chi connectivity index (χ3v) is 11.6. The Bertz CT molecular complexity index is 1180. The van der Waals surface area contributed by atoms with E-state index in [-0.39, 0.29) is 19.6 Å². The zero-order valence-electron chi connectivity index (χ0n) is 38.8. The average Bonchev–Trinajstić information content (AvgIpc) is 3.28. The molecular formula is C49H88O14. The van der Waals surface area contributed by atoms with Crippen LogP contribution in [0.4, 0.5) is 0 Å². The summed E-state index contributed by atoms with van der Waals surface area (Å²) in [4.78, 5) is 13.0. The fourth-order valence-electron chi connectivity index (χ4n) is 7.55. The Morgan fingerprint density at radius 1 is 0.524 bits per heavy atom. The van der Waals surface area contributed by atoms with Crippen LogP contribution in [0.5, 0.6) is 0 Å². The molecule has 368 valence electrons. The van der Waals surface area contributed by atoms with Crippen molar-refractivity contribution in [2.75, 3.05) is 33.0 Å². The predicted octanol–water partition coefficient (Wildman–Crippen LogP) is 6.63. The molecule has 0 radical (unpaired) electrons. The van der Waals surface area contributed by atoms with Crippen molar-refractivity contribution in [3.05, 3.63) is 36.5 Å². The fourth-order valence-corrected chi connectivity index (χ4v) is 7.55. The topological polar surface area (TPSA) is 214 Å². The number of hydrogen-bond donors (Lipinski definition) is 7. The molecule has 11 atom stereocenters. The highest BCUT2D eigenvalue weighted by Gasteiger charge is 2.47. The van der Waals surface area contributed by atoms with Gasteiger partial charge in [-0.25, -0.2) is 0 Å². The third-order valence-electron chi connectivity index (χ3n) is 11.6. The van der Waals surface area contributed by atoms with E-state index >= 15 is 0 Å². The molecule has 0 bridgehead atoms. The lowest BCUT2D eigenvalue weighted by atomic mass is 9.98. The fraction of sp³-hybridized carbons (Fsp3) is 0.857. The van der Waals surface area contributed by atoms with Crippen molar-refractivity contribution in [1.82, 2.24) is 0 Å². The van der Waals surface area contributed by atoms with Crippen LogP contribution in [0.3, 0.4) is 0 Å². The van der Waals surface area contributed by atoms with E-state index in [0.29, 0.717) is 13.0 Å². The molecule has 2 aliphatic rings. The number of hydrogen-bond acceptors (Lipinski definition) is 14. The first-order chi connectivity index (χ1) is 30.6. The molecule has 2 heterocycles. The zero-order chi connectivity index (χ0) is 45.9. The van der Waals surface area contributed by atoms with Gasteiger partial charge in [0.15, 0.2) is 12.6 Å². The average molecular weight is 901 g/mol. The van der Waals surface area contributed by atoms with Gasteiger partial charge in [-0.05, 0) is 64.2 Å². The second-order valence-electron chi connectivity index (χ2n) is 17.3. The minimum atomic E-state index is -1.71. The third kappa shape index (κ3) is 25.6. The molecule has 63 heavy (non-hydrogen) atoms. The first kappa shape index (κ1) is 57.3. The lowest BCUT2D eigenvalue weighted by Gasteiger charge is -2.42. The summed E-state index contributed by atoms with van der Waals surface area (Å²) in [6, 6.07) is 0. The predicted molar refractivity (Wildman–Crippen MR) is 243 cm³/mol. The van der Waals surface area contributed by atoms with Gasteiger partial charge in [0.1, 0.15) is 54.9 Å². The molecule has 2 aliphatic heterocycles. The van der Waals surface area contributed by atoms with Crippen LogP contribution >= 0.6 is 0 Å². The molecule has 0 saturated carbocycles. The van der Waals surface area contributed by atoms with Gasteiger partial charge in [-0.1, -0.05) is 134 Å². The van der Waals surface area contributed by atoms with E-state index in [1.807, 2.05) is 0 Å². The number of unbranched alkanes of at least 4 members (excludes halogenated alkanes) is 18. The van der Waals surface area contributed by atoms with Crippen LogP contribution in [0.25, 0.3) is 0 Å². The van der Waals surface area contributed by atoms with Gasteiger partial charge in [-0.15, -0.1) is 0 Å². The molecule has 0 aromatic carbocycles. The number of allylic oxidation sites excluding steroid dienone is 6. The van der Waals surface area contributed by atoms with E-state index in [1.54, 1.807) is 0 Å². The van der Waals surface area contributed by atoms with Gasteiger partial charge in [-0.2, -0.15) is 0 Å². The van der Waals surface area contributed by atoms with E-state index in [0.717, 1.165) is 70.6 Å². The highest BCUT2D eigenvalue weighted by atomic mass is 16.7. The van der Waals surface area contributed by atoms with E-state index in [4.69, 9.17) is 28.4 Å². The second kappa shape index (κ2) is 37.3. The Kier molecular flexibility index (Phi) is 34.0. The van der Waals surface area contributed by atoms with Crippen molar-refractivity contribution in [3.8, 4) is 0 Å². The quantitative estimate of drug-likeness (QED) is 0.0197. The number of aliphatic hydroxyl groups is 7. The van der Waals surface area contributed by atoms with Gasteiger partial charge in [0.2, 0.25) is 0 Å². The van der Waals surface area contributed by atoms with E-state index in [1.165, 1.54) is 70.6 Å². The molecule has 0 amide bonds. The van der Waals surface area contributed by atoms with Crippen molar-refractivity contribution in [1.29, 1.82) is 0 Å². The number of carbonyl (C=O) groups excluding carboxylic acids is 1. The van der Waals surface area contributed by atoms with Crippen molar-refractivity contribution in [2.45, 2.75) is 235 Å². The summed E-state index contributed by atoms with van der Waals surface area (Å²) in [6.45, 7) is 3.58. The molecule has 2 saturated heterocycles. The van der Waals surface area contributed by atoms with E-state index < -0.39 is 86.7 Å². The highest BCUT2D eigenvalue weighted by Crippen LogP contribution is 2.26. The minimum Gasteiger partial charge on any atom is -0.457 e. The van der Waals surface area contributed by atoms with Crippen LogP contribution in [0.1, 0.15) is 168 Å². The zero-order valence-corrected chi connectivity index (χ0v) is 38.8. The Hall–Kier alpha value is -1.79. The van der Waals surface area contributed by atoms with Gasteiger partial charge in [0.25, 0.3) is 0 Å². The standard InChI is InChI=1S/C49H88O14/c1-3-5-7-9-11-13-15-17-18-19-21-23-25-27-29-31-33-58-35-38(61-41(51)32-30-28-26-24-22-20-16-14-12-10-8-6-4-2)36-59-48-47(57)45(55)43(53)40(63-48)37-60-49-46(56)44(54)42(52)39(34-50)62-49/h8,10,14,16-18,38-40,42-50,52-57H,3-7,9,11-13,15,19-37H2,1-2H3/b10-8-,16-14-,18-17-. The molecule has 0 aromatic heterocycles. The monoisotopic (exact) mass is 901 g/mol. The summed E-state index contributed by atoms with van der Waals surface area (Å²) in [5.74, 6) is -0.394. The summed E-state index contributed by atoms with van der Waals surface area (Å²) in [6.07, 6.45) is 23.5. The molecule has 2 fully saturated rings. The van der Waals surface area contributed by atoms with Crippen LogP contribution in [0, 0.1) is 0 Å². The van der Waals surface area contributed by atoms with Crippen LogP contribution in [0.15, 0.2) is 36.5 Å². The lowest BCUT2D eigenvalue weighted by molar-refractivity contribution is -0.332. The Balaban J connectivity index is 1.79. The highest BCUT2D eigenvalue weighted by molar-refractivity contribution is 5.69. The van der Waals surface area contributed by atoms with Crippen molar-refractivity contribution >= 4 is 5.97 Å². The molecule has 14 nitrogen and oxygen atoms in total. The normalized spacial score (nSPS) is 27.3. The van der Waals surface area contributed by atoms with Crippen molar-refractivity contribution in [2.24, 2.45) is 0 Å². The summed E-state index contributed by atoms with van der Waals surface area (Å²) in [5, 5.41) is 72.0. The van der Waals surface area contributed by atoms with E-state index in [9.17, 15) is 40.5 Å². The van der Waals surface area contributed by atoms with Gasteiger partial charge >= 0.3 is 5.97 Å². The molecule has 0 aliphatic carbocycles. The van der Waals surface area contributed by atoms with Crippen LogP contribution in [0.2, 0.25) is 0 Å². The first-order valence-electron chi connectivity index (χ1n) is 24.6. The molecule has 14 heteroatoms. The van der Waals surface area contributed by atoms with Crippen LogP contribution in [-0.4, -0.2) is 142 Å². The molecular weight excluding hydrogens is 813 g/mol. The largest absolute Gasteiger partial charge is 0.457 e. The first-order valence-corrected chi connectivity index (χ1v) is 24.6. The maximum absolute atomic E-state index is 13.0. The minimum absolute atomic E-state index is 0.0520. The van der Waals surface area contributed by atoms with Crippen molar-refractivity contribution < 1.29 is 69.0 Å². The number of carbonyl (C=O) groups is 1. The number of esters is 1. The molecule has 11 unspecified atom stereocenters. The summed E-state index contributed by atoms with van der Waals surface area (Å²) in [7, 11) is 0. The Morgan fingerprint density at radius 3 is 1.60 bits per heavy atom. The smallest absolute Gasteiger partial charge is 0.306 e. The Morgan fingerprint density at radius 2 is 1.02 bits per heavy atom. The number of aliphatic hydroxyl groups excluding tert-OH is 7. The van der Waals surface area contributed by atoms with Gasteiger partial charge in [0, 0.05) is 13.0 Å². The molecule has 0 aromatic rings. The number of ether oxygens (including phenoxy) is 6. The maximum atomic E-state index is 13.0. The van der Waals surface area contributed by atoms with Gasteiger partial charge in [0.05, 0.1) is 26.4 Å². The maximum Gasteiger partial charge on any atom is 0.306 e. The summed E-state index contributed by atoms with van der Waals surface area (Å²) in [5.41, 5.74) is 0. The van der Waals surface area contributed by atoms with Gasteiger partial charge < -0.3 is 64.2 Å². The van der Waals surface area contributed by atoms with Crippen molar-refractivity contribution in [3.63, 3.8) is 0 Å². The van der Waals surface area contributed by atoms with Crippen LogP contribution < -0.4 is 0 Å². The molecule has 7 N–H and O–H groups in total. The summed E-state index contributed by atoms with van der Waals surface area (Å²) >= 11 is 0. The Labute approximate surface area is 379 Å².